The van der Waals surface area contributed by atoms with Crippen LogP contribution in [0.3, 0.4) is 0 Å². The van der Waals surface area contributed by atoms with Gasteiger partial charge in [-0.2, -0.15) is 0 Å². The third kappa shape index (κ3) is 13.0. The van der Waals surface area contributed by atoms with Crippen molar-refractivity contribution < 1.29 is 48.7 Å². The van der Waals surface area contributed by atoms with E-state index in [1.165, 1.54) is 4.90 Å². The number of allylic oxidation sites excluding steroid dienone is 5. The van der Waals surface area contributed by atoms with Crippen molar-refractivity contribution in [3.63, 3.8) is 0 Å². The van der Waals surface area contributed by atoms with Gasteiger partial charge in [0, 0.05) is 44.8 Å². The van der Waals surface area contributed by atoms with E-state index < -0.39 is 53.7 Å². The van der Waals surface area contributed by atoms with Gasteiger partial charge in [-0.25, -0.2) is 4.79 Å². The van der Waals surface area contributed by atoms with E-state index in [1.807, 2.05) is 57.2 Å². The molecule has 11 nitrogen and oxygen atoms in total. The van der Waals surface area contributed by atoms with Crippen LogP contribution in [-0.2, 0) is 33.4 Å². The summed E-state index contributed by atoms with van der Waals surface area (Å²) in [5.41, 5.74) is 1.54. The molecule has 4 aliphatic rings. The summed E-state index contributed by atoms with van der Waals surface area (Å²) in [6.45, 7) is 11.6. The van der Waals surface area contributed by atoms with Gasteiger partial charge in [-0.15, -0.1) is 0 Å². The minimum atomic E-state index is -2.36. The average molecular weight is 798 g/mol. The maximum Gasteiger partial charge on any atom is 0.329 e. The fraction of sp³-hybridized carbons (Fsp3) is 0.739. The normalized spacial score (nSPS) is 40.0. The Kier molecular flexibility index (Phi) is 17.9. The molecule has 1 saturated carbocycles. The van der Waals surface area contributed by atoms with Crippen molar-refractivity contribution in [3.05, 3.63) is 47.6 Å². The van der Waals surface area contributed by atoms with Gasteiger partial charge >= 0.3 is 5.97 Å². The fourth-order valence-corrected chi connectivity index (χ4v) is 8.99. The minimum Gasteiger partial charge on any atom is -0.460 e. The summed E-state index contributed by atoms with van der Waals surface area (Å²) in [6, 6.07) is -1.01. The molecule has 10 atom stereocenters. The molecule has 1 amide bonds. The van der Waals surface area contributed by atoms with Crippen LogP contribution < -0.4 is 0 Å². The zero-order chi connectivity index (χ0) is 41.9. The quantitative estimate of drug-likeness (QED) is 0.158. The number of Topliss-reactive ketones (excluding diaryl/α,β-unsaturated/α-hetero) is 2. The van der Waals surface area contributed by atoms with E-state index in [-0.39, 0.29) is 48.7 Å². The first-order chi connectivity index (χ1) is 27.0. The summed E-state index contributed by atoms with van der Waals surface area (Å²) in [6.07, 6.45) is 16.7. The molecule has 0 radical (unpaired) electrons. The summed E-state index contributed by atoms with van der Waals surface area (Å²) in [4.78, 5) is 56.8. The van der Waals surface area contributed by atoms with Gasteiger partial charge in [-0.3, -0.25) is 14.4 Å². The number of esters is 1. The van der Waals surface area contributed by atoms with Crippen molar-refractivity contribution in [1.82, 2.24) is 4.90 Å². The Morgan fingerprint density at radius 3 is 2.33 bits per heavy atom. The van der Waals surface area contributed by atoms with Crippen LogP contribution in [-0.4, -0.2) is 99.7 Å². The summed E-state index contributed by atoms with van der Waals surface area (Å²) >= 11 is 0. The predicted molar refractivity (Wildman–Crippen MR) is 219 cm³/mol. The van der Waals surface area contributed by atoms with E-state index >= 15 is 0 Å². The van der Waals surface area contributed by atoms with Crippen LogP contribution in [0.2, 0.25) is 0 Å². The summed E-state index contributed by atoms with van der Waals surface area (Å²) in [7, 11) is 1.60. The monoisotopic (exact) mass is 798 g/mol. The number of hydrogen-bond donors (Lipinski definition) is 3. The Morgan fingerprint density at radius 2 is 1.63 bits per heavy atom. The first-order valence-corrected chi connectivity index (χ1v) is 21.6. The van der Waals surface area contributed by atoms with Gasteiger partial charge in [0.05, 0.1) is 24.4 Å². The number of amides is 1. The van der Waals surface area contributed by atoms with Crippen LogP contribution >= 0.6 is 0 Å². The van der Waals surface area contributed by atoms with Gasteiger partial charge in [0.1, 0.15) is 17.9 Å². The maximum absolute atomic E-state index is 14.1. The largest absolute Gasteiger partial charge is 0.460 e. The lowest BCUT2D eigenvalue weighted by Gasteiger charge is -2.42. The Labute approximate surface area is 341 Å². The van der Waals surface area contributed by atoms with Gasteiger partial charge in [0.15, 0.2) is 0 Å². The van der Waals surface area contributed by atoms with Gasteiger partial charge in [0.2, 0.25) is 5.79 Å². The average Bonchev–Trinajstić information content (AvgIpc) is 3.19. The Balaban J connectivity index is 1.64. The number of carbonyl (C=O) groups excluding carboxylic acids is 4. The van der Waals surface area contributed by atoms with Crippen LogP contribution in [0.4, 0.5) is 0 Å². The molecule has 3 N–H and O–H groups in total. The topological polar surface area (TPSA) is 160 Å². The third-order valence-electron chi connectivity index (χ3n) is 13.1. The lowest BCUT2D eigenvalue weighted by molar-refractivity contribution is -0.265. The molecule has 3 aliphatic heterocycles. The third-order valence-corrected chi connectivity index (χ3v) is 13.1. The van der Waals surface area contributed by atoms with Crippen molar-refractivity contribution >= 4 is 23.4 Å². The molecular weight excluding hydrogens is 727 g/mol. The first-order valence-electron chi connectivity index (χ1n) is 21.6. The number of cyclic esters (lactones) is 1. The summed E-state index contributed by atoms with van der Waals surface area (Å²) in [5, 5.41) is 33.1. The van der Waals surface area contributed by atoms with Gasteiger partial charge in [0.25, 0.3) is 11.7 Å². The van der Waals surface area contributed by atoms with Gasteiger partial charge < -0.3 is 34.4 Å². The van der Waals surface area contributed by atoms with Crippen molar-refractivity contribution in [2.24, 2.45) is 29.6 Å². The summed E-state index contributed by atoms with van der Waals surface area (Å²) < 4.78 is 18.2. The number of fused-ring (bicyclic) bond motifs is 3. The van der Waals surface area contributed by atoms with E-state index in [2.05, 4.69) is 6.92 Å². The smallest absolute Gasteiger partial charge is 0.329 e. The Hall–Kier alpha value is -2.96. The van der Waals surface area contributed by atoms with Gasteiger partial charge in [-0.05, 0) is 113 Å². The number of ether oxygens (including phenoxy) is 3. The van der Waals surface area contributed by atoms with Gasteiger partial charge in [-0.1, -0.05) is 64.2 Å². The second-order valence-corrected chi connectivity index (χ2v) is 17.7. The molecule has 1 unspecified atom stereocenters. The number of carbonyl (C=O) groups is 4. The molecule has 3 fully saturated rings. The highest BCUT2D eigenvalue weighted by atomic mass is 16.6. The number of aliphatic hydroxyl groups is 3. The lowest BCUT2D eigenvalue weighted by Crippen LogP contribution is -2.61. The molecule has 320 valence electrons. The zero-order valence-electron chi connectivity index (χ0n) is 35.6. The van der Waals surface area contributed by atoms with Crippen LogP contribution in [0.15, 0.2) is 47.6 Å². The van der Waals surface area contributed by atoms with E-state index in [1.54, 1.807) is 21.0 Å². The molecule has 0 aromatic carbocycles. The molecule has 2 bridgehead atoms. The number of rotatable bonds is 4. The van der Waals surface area contributed by atoms with E-state index in [4.69, 9.17) is 14.2 Å². The molecule has 2 saturated heterocycles. The van der Waals surface area contributed by atoms with Crippen molar-refractivity contribution in [2.45, 2.75) is 174 Å². The van der Waals surface area contributed by atoms with E-state index in [0.29, 0.717) is 62.9 Å². The highest BCUT2D eigenvalue weighted by Crippen LogP contribution is 2.37. The Morgan fingerprint density at radius 1 is 0.912 bits per heavy atom. The van der Waals surface area contributed by atoms with Crippen molar-refractivity contribution in [1.29, 1.82) is 0 Å². The molecule has 0 aromatic rings. The SMILES string of the molecule is CO[C@H]1C[C@@H]2CC[C@@H](C)[C@@](O)(O2)C(=O)C(=O)N2CCCC[C@H]2C(=O)OC([C@H](C)C[C@H]2CC[C@H](O)CC2)C/C=C(\C)[C@@H](O)CC(=O)[C@H](C)C[C@H](C)/C=C/C=C/C=C/1C. The molecular formula is C46H71NO10. The molecule has 57 heavy (non-hydrogen) atoms. The number of methoxy groups -OCH3 is 1. The highest BCUT2D eigenvalue weighted by molar-refractivity contribution is 6.39. The second-order valence-electron chi connectivity index (χ2n) is 17.7. The number of ketones is 2. The molecule has 1 aliphatic carbocycles. The van der Waals surface area contributed by atoms with Crippen LogP contribution in [0, 0.1) is 29.6 Å². The Bertz CT molecular complexity index is 1490. The lowest BCUT2D eigenvalue weighted by atomic mass is 9.80. The predicted octanol–water partition coefficient (Wildman–Crippen LogP) is 6.73. The van der Waals surface area contributed by atoms with Crippen LogP contribution in [0.25, 0.3) is 0 Å². The number of hydrogen-bond acceptors (Lipinski definition) is 10. The minimum absolute atomic E-state index is 0.0162. The van der Waals surface area contributed by atoms with Crippen molar-refractivity contribution in [2.75, 3.05) is 13.7 Å². The number of nitrogens with zero attached hydrogens (tertiary/aromatic N) is 1. The number of piperidine rings is 1. The highest BCUT2D eigenvalue weighted by Gasteiger charge is 2.53. The molecule has 11 heteroatoms. The molecule has 0 aromatic heterocycles. The van der Waals surface area contributed by atoms with Crippen LogP contribution in [0.5, 0.6) is 0 Å². The molecule has 0 spiro atoms. The zero-order valence-corrected chi connectivity index (χ0v) is 35.6. The van der Waals surface area contributed by atoms with E-state index in [9.17, 15) is 34.5 Å². The van der Waals surface area contributed by atoms with E-state index in [0.717, 1.165) is 37.7 Å². The number of aliphatic hydroxyl groups excluding tert-OH is 2. The fourth-order valence-electron chi connectivity index (χ4n) is 8.99. The summed E-state index contributed by atoms with van der Waals surface area (Å²) in [5.74, 6) is -5.53. The molecule has 4 rings (SSSR count). The second kappa shape index (κ2) is 21.9. The van der Waals surface area contributed by atoms with Crippen LogP contribution in [0.1, 0.15) is 131 Å². The first kappa shape index (κ1) is 46.7. The standard InChI is InChI=1S/C46H71NO10/c1-29-13-9-8-10-14-31(3)42(55-7)27-37-22-17-34(6)46(54,57-37)43(51)44(52)47-24-12-11-15-38(47)45(53)56-41(33(5)26-35-18-20-36(48)21-19-35)23-16-30(2)39(49)28-40(50)32(4)25-29/h8-10,13-14,16,29,32-39,41-42,48-49,54H,11-12,15,17-28H2,1-7H3/b10-8+,13-9+,30-16+,31-14+/t29-,32-,33-,34-,35-,36-,37+,38+,39+,41?,42+,46-/m1/s1. The maximum atomic E-state index is 14.1. The van der Waals surface area contributed by atoms with Crippen molar-refractivity contribution in [3.8, 4) is 0 Å². The molecule has 3 heterocycles.